The molecule has 0 spiro atoms. The lowest BCUT2D eigenvalue weighted by Gasteiger charge is -2.23. The van der Waals surface area contributed by atoms with E-state index in [1.165, 1.54) is 0 Å². The number of nitrogens with zero attached hydrogens (tertiary/aromatic N) is 3. The van der Waals surface area contributed by atoms with Crippen molar-refractivity contribution in [2.24, 2.45) is 5.92 Å². The van der Waals surface area contributed by atoms with E-state index in [1.54, 1.807) is 0 Å². The molecule has 2 atom stereocenters. The minimum absolute atomic E-state index is 0.224. The smallest absolute Gasteiger partial charge is 0.321 e. The van der Waals surface area contributed by atoms with E-state index in [4.69, 9.17) is 0 Å². The fraction of sp³-hybridized carbons (Fsp3) is 0.692. The molecule has 5 heteroatoms. The van der Waals surface area contributed by atoms with E-state index in [0.29, 0.717) is 6.54 Å². The van der Waals surface area contributed by atoms with Crippen LogP contribution in [0.3, 0.4) is 0 Å². The molecule has 18 heavy (non-hydrogen) atoms. The molecule has 0 aromatic carbocycles. The highest BCUT2D eigenvalue weighted by Crippen LogP contribution is 2.26. The summed E-state index contributed by atoms with van der Waals surface area (Å²) >= 11 is 0. The number of rotatable bonds is 4. The van der Waals surface area contributed by atoms with Gasteiger partial charge < -0.3 is 5.11 Å². The fourth-order valence-corrected chi connectivity index (χ4v) is 2.81. The quantitative estimate of drug-likeness (QED) is 0.881. The molecular formula is C13H21N3O2. The zero-order valence-electron chi connectivity index (χ0n) is 11.3. The van der Waals surface area contributed by atoms with Gasteiger partial charge in [-0.25, -0.2) is 0 Å². The van der Waals surface area contributed by atoms with Crippen molar-refractivity contribution in [3.05, 3.63) is 17.5 Å². The van der Waals surface area contributed by atoms with Crippen LogP contribution < -0.4 is 0 Å². The summed E-state index contributed by atoms with van der Waals surface area (Å²) in [6.07, 6.45) is 0.955. The molecule has 1 aromatic rings. The van der Waals surface area contributed by atoms with Gasteiger partial charge in [-0.05, 0) is 38.8 Å². The molecule has 0 bridgehead atoms. The number of aromatic nitrogens is 2. The average Bonchev–Trinajstić information content (AvgIpc) is 2.82. The van der Waals surface area contributed by atoms with E-state index in [0.717, 1.165) is 30.9 Å². The van der Waals surface area contributed by atoms with Crippen LogP contribution in [0.1, 0.15) is 31.7 Å². The first-order chi connectivity index (χ1) is 8.52. The Morgan fingerprint density at radius 3 is 2.94 bits per heavy atom. The molecule has 1 aromatic heterocycles. The summed E-state index contributed by atoms with van der Waals surface area (Å²) in [7, 11) is 0. The Morgan fingerprint density at radius 2 is 2.33 bits per heavy atom. The van der Waals surface area contributed by atoms with Crippen molar-refractivity contribution in [2.75, 3.05) is 6.54 Å². The van der Waals surface area contributed by atoms with Crippen molar-refractivity contribution in [3.8, 4) is 0 Å². The molecule has 0 radical (unpaired) electrons. The average molecular weight is 251 g/mol. The Bertz CT molecular complexity index is 441. The van der Waals surface area contributed by atoms with Gasteiger partial charge in [-0.2, -0.15) is 5.10 Å². The summed E-state index contributed by atoms with van der Waals surface area (Å²) in [5, 5.41) is 13.7. The SMILES string of the molecule is CCn1nc(C)cc1CN1CCC(C)C1C(=O)O. The van der Waals surface area contributed by atoms with Gasteiger partial charge in [-0.15, -0.1) is 0 Å². The summed E-state index contributed by atoms with van der Waals surface area (Å²) in [4.78, 5) is 13.4. The lowest BCUT2D eigenvalue weighted by atomic mass is 10.0. The van der Waals surface area contributed by atoms with Crippen LogP contribution in [0, 0.1) is 12.8 Å². The van der Waals surface area contributed by atoms with Gasteiger partial charge in [-0.1, -0.05) is 6.92 Å². The maximum atomic E-state index is 11.3. The number of likely N-dealkylation sites (tertiary alicyclic amines) is 1. The third-order valence-electron chi connectivity index (χ3n) is 3.71. The summed E-state index contributed by atoms with van der Waals surface area (Å²) in [5.41, 5.74) is 2.10. The second-order valence-electron chi connectivity index (χ2n) is 5.11. The standard InChI is InChI=1S/C13H21N3O2/c1-4-16-11(7-10(3)14-16)8-15-6-5-9(2)12(15)13(17)18/h7,9,12H,4-6,8H2,1-3H3,(H,17,18). The Morgan fingerprint density at radius 1 is 1.61 bits per heavy atom. The fourth-order valence-electron chi connectivity index (χ4n) is 2.81. The van der Waals surface area contributed by atoms with Gasteiger partial charge >= 0.3 is 5.97 Å². The van der Waals surface area contributed by atoms with Crippen LogP contribution in [0.5, 0.6) is 0 Å². The van der Waals surface area contributed by atoms with Crippen LogP contribution in [-0.2, 0) is 17.9 Å². The molecule has 1 fully saturated rings. The zero-order chi connectivity index (χ0) is 13.3. The van der Waals surface area contributed by atoms with Gasteiger partial charge in [0.2, 0.25) is 0 Å². The second kappa shape index (κ2) is 5.10. The van der Waals surface area contributed by atoms with Crippen molar-refractivity contribution >= 4 is 5.97 Å². The monoisotopic (exact) mass is 251 g/mol. The van der Waals surface area contributed by atoms with Crippen molar-refractivity contribution in [1.29, 1.82) is 0 Å². The summed E-state index contributed by atoms with van der Waals surface area (Å²) in [6, 6.07) is 1.69. The van der Waals surface area contributed by atoms with Gasteiger partial charge in [0.1, 0.15) is 6.04 Å². The summed E-state index contributed by atoms with van der Waals surface area (Å²) in [6.45, 7) is 8.39. The lowest BCUT2D eigenvalue weighted by Crippen LogP contribution is -2.38. The van der Waals surface area contributed by atoms with E-state index in [2.05, 4.69) is 16.9 Å². The summed E-state index contributed by atoms with van der Waals surface area (Å²) < 4.78 is 1.96. The van der Waals surface area contributed by atoms with Crippen molar-refractivity contribution < 1.29 is 9.90 Å². The molecule has 0 saturated carbocycles. The molecule has 1 aliphatic heterocycles. The maximum Gasteiger partial charge on any atom is 0.321 e. The number of carboxylic acid groups (broad SMARTS) is 1. The number of carbonyl (C=O) groups is 1. The van der Waals surface area contributed by atoms with Gasteiger partial charge in [0.25, 0.3) is 0 Å². The number of aliphatic carboxylic acids is 1. The van der Waals surface area contributed by atoms with Crippen LogP contribution in [0.15, 0.2) is 6.07 Å². The molecule has 100 valence electrons. The van der Waals surface area contributed by atoms with E-state index in [-0.39, 0.29) is 12.0 Å². The van der Waals surface area contributed by atoms with Gasteiger partial charge in [0.15, 0.2) is 0 Å². The molecule has 2 heterocycles. The van der Waals surface area contributed by atoms with Crippen molar-refractivity contribution in [3.63, 3.8) is 0 Å². The van der Waals surface area contributed by atoms with E-state index in [1.807, 2.05) is 24.6 Å². The Kier molecular flexibility index (Phi) is 3.71. The third-order valence-corrected chi connectivity index (χ3v) is 3.71. The second-order valence-corrected chi connectivity index (χ2v) is 5.11. The largest absolute Gasteiger partial charge is 0.480 e. The zero-order valence-corrected chi connectivity index (χ0v) is 11.3. The van der Waals surface area contributed by atoms with Crippen LogP contribution in [0.4, 0.5) is 0 Å². The number of carboxylic acids is 1. The Balaban J connectivity index is 2.15. The van der Waals surface area contributed by atoms with Gasteiger partial charge in [-0.3, -0.25) is 14.4 Å². The first kappa shape index (κ1) is 13.1. The predicted molar refractivity (Wildman–Crippen MR) is 68.3 cm³/mol. The molecule has 2 unspecified atom stereocenters. The predicted octanol–water partition coefficient (Wildman–Crippen LogP) is 1.51. The highest BCUT2D eigenvalue weighted by atomic mass is 16.4. The Labute approximate surface area is 107 Å². The Hall–Kier alpha value is -1.36. The van der Waals surface area contributed by atoms with Crippen molar-refractivity contribution in [1.82, 2.24) is 14.7 Å². The van der Waals surface area contributed by atoms with Crippen LogP contribution in [-0.4, -0.2) is 38.3 Å². The van der Waals surface area contributed by atoms with E-state index < -0.39 is 5.97 Å². The number of aryl methyl sites for hydroxylation is 2. The summed E-state index contributed by atoms with van der Waals surface area (Å²) in [5.74, 6) is -0.485. The van der Waals surface area contributed by atoms with E-state index >= 15 is 0 Å². The van der Waals surface area contributed by atoms with Crippen molar-refractivity contribution in [2.45, 2.75) is 46.3 Å². The van der Waals surface area contributed by atoms with E-state index in [9.17, 15) is 9.90 Å². The van der Waals surface area contributed by atoms with Crippen LogP contribution >= 0.6 is 0 Å². The van der Waals surface area contributed by atoms with Crippen LogP contribution in [0.25, 0.3) is 0 Å². The molecule has 0 aliphatic carbocycles. The highest BCUT2D eigenvalue weighted by molar-refractivity contribution is 5.74. The minimum atomic E-state index is -0.709. The topological polar surface area (TPSA) is 58.4 Å². The third kappa shape index (κ3) is 2.41. The van der Waals surface area contributed by atoms with Gasteiger partial charge in [0.05, 0.1) is 11.4 Å². The number of hydrogen-bond donors (Lipinski definition) is 1. The highest BCUT2D eigenvalue weighted by Gasteiger charge is 2.36. The first-order valence-corrected chi connectivity index (χ1v) is 6.53. The molecular weight excluding hydrogens is 230 g/mol. The molecule has 1 aliphatic rings. The first-order valence-electron chi connectivity index (χ1n) is 6.53. The number of hydrogen-bond acceptors (Lipinski definition) is 3. The molecule has 1 saturated heterocycles. The normalized spacial score (nSPS) is 24.6. The lowest BCUT2D eigenvalue weighted by molar-refractivity contribution is -0.143. The van der Waals surface area contributed by atoms with Crippen LogP contribution in [0.2, 0.25) is 0 Å². The minimum Gasteiger partial charge on any atom is -0.480 e. The van der Waals surface area contributed by atoms with Gasteiger partial charge in [0, 0.05) is 13.1 Å². The molecule has 1 N–H and O–H groups in total. The molecule has 0 amide bonds. The molecule has 2 rings (SSSR count). The molecule has 5 nitrogen and oxygen atoms in total. The maximum absolute atomic E-state index is 11.3.